The Labute approximate surface area is 116 Å². The Hall–Kier alpha value is 1.31. The summed E-state index contributed by atoms with van der Waals surface area (Å²) in [5, 5.41) is 0.323. The van der Waals surface area contributed by atoms with Gasteiger partial charge < -0.3 is 22.6 Å². The van der Waals surface area contributed by atoms with E-state index in [1.54, 1.807) is 0 Å². The third-order valence-electron chi connectivity index (χ3n) is 0.644. The van der Waals surface area contributed by atoms with Crippen LogP contribution in [0.5, 0.6) is 0 Å². The summed E-state index contributed by atoms with van der Waals surface area (Å²) in [5.74, 6) is 0. The van der Waals surface area contributed by atoms with Gasteiger partial charge in [-0.1, -0.05) is 0 Å². The fourth-order valence-corrected chi connectivity index (χ4v) is 1.14. The van der Waals surface area contributed by atoms with Gasteiger partial charge in [-0.05, 0) is 29.6 Å². The minimum atomic E-state index is 0. The number of rotatable bonds is 0. The zero-order valence-electron chi connectivity index (χ0n) is 5.17. The van der Waals surface area contributed by atoms with Crippen molar-refractivity contribution in [2.24, 2.45) is 0 Å². The minimum Gasteiger partial charge on any atom is -0.742 e. The molecule has 2 N–H and O–H groups in total. The van der Waals surface area contributed by atoms with Crippen LogP contribution in [0, 0.1) is 9.54 Å². The second-order valence-corrected chi connectivity index (χ2v) is 2.48. The van der Waals surface area contributed by atoms with Gasteiger partial charge in [-0.3, -0.25) is 0 Å². The van der Waals surface area contributed by atoms with E-state index < -0.39 is 0 Å². The van der Waals surface area contributed by atoms with E-state index in [4.69, 9.17) is 12.2 Å². The van der Waals surface area contributed by atoms with Crippen molar-refractivity contribution in [2.75, 3.05) is 0 Å². The Morgan fingerprint density at radius 1 is 1.30 bits per heavy atom. The van der Waals surface area contributed by atoms with Gasteiger partial charge in [0, 0.05) is 0 Å². The van der Waals surface area contributed by atoms with Crippen LogP contribution < -0.4 is 51.4 Å². The minimum absolute atomic E-state index is 0. The normalized spacial score (nSPS) is 8.40. The monoisotopic (exact) mass is 215 g/mol. The molecule has 1 aromatic rings. The molecule has 1 aromatic heterocycles. The van der Waals surface area contributed by atoms with Gasteiger partial charge in [0.2, 0.25) is 0 Å². The molecule has 0 saturated carbocycles. The number of aromatic nitrogens is 3. The fraction of sp³-hybridized carbons (Fsp3) is 0. The predicted molar refractivity (Wildman–Crippen MR) is 40.2 cm³/mol. The Balaban J connectivity index is 0.000000810. The van der Waals surface area contributed by atoms with Gasteiger partial charge in [0.25, 0.3) is 0 Å². The second kappa shape index (κ2) is 5.04. The first-order valence-corrected chi connectivity index (χ1v) is 3.28. The van der Waals surface area contributed by atoms with Crippen LogP contribution in [0.1, 0.15) is 0 Å². The second-order valence-electron chi connectivity index (χ2n) is 1.30. The first-order chi connectivity index (χ1) is 4.18. The van der Waals surface area contributed by atoms with Crippen molar-refractivity contribution in [1.82, 2.24) is 15.0 Å². The summed E-state index contributed by atoms with van der Waals surface area (Å²) in [6.07, 6.45) is 0. The van der Waals surface area contributed by atoms with E-state index in [1.807, 2.05) is 0 Å². The molecule has 0 bridgehead atoms. The van der Waals surface area contributed by atoms with Crippen LogP contribution in [0.15, 0.2) is 5.16 Å². The maximum Gasteiger partial charge on any atom is 1.00 e. The number of hydrogen-bond acceptors (Lipinski definition) is 4. The average molecular weight is 215 g/mol. The number of hydrogen-bond donors (Lipinski definition) is 2. The largest absolute Gasteiger partial charge is 1.00 e. The molecular formula is C3H2KN3S3. The summed E-state index contributed by atoms with van der Waals surface area (Å²) in [7, 11) is 0. The van der Waals surface area contributed by atoms with Crippen LogP contribution in [-0.4, -0.2) is 15.0 Å². The summed E-state index contributed by atoms with van der Waals surface area (Å²) >= 11 is 14.0. The Morgan fingerprint density at radius 3 is 2.30 bits per heavy atom. The van der Waals surface area contributed by atoms with Gasteiger partial charge in [-0.2, -0.15) is 0 Å². The first kappa shape index (κ1) is 11.3. The van der Waals surface area contributed by atoms with Crippen molar-refractivity contribution in [1.29, 1.82) is 0 Å². The molecule has 0 aliphatic heterocycles. The van der Waals surface area contributed by atoms with Crippen LogP contribution in [0.2, 0.25) is 0 Å². The molecule has 0 aliphatic rings. The molecule has 10 heavy (non-hydrogen) atoms. The van der Waals surface area contributed by atoms with E-state index >= 15 is 0 Å². The molecule has 3 nitrogen and oxygen atoms in total. The Bertz CT molecular complexity index is 287. The van der Waals surface area contributed by atoms with Crippen molar-refractivity contribution in [3.63, 3.8) is 0 Å². The standard InChI is InChI=1S/C3H3N3S3.K/c7-1-4-2(8)6-3(9)5-1;/h(H3,4,5,6,7,8,9);/q;+1/p-1. The molecule has 0 aliphatic carbocycles. The number of aromatic amines is 2. The summed E-state index contributed by atoms with van der Waals surface area (Å²) in [4.78, 5) is 8.90. The van der Waals surface area contributed by atoms with Crippen LogP contribution in [0.3, 0.4) is 0 Å². The fourth-order valence-electron chi connectivity index (χ4n) is 0.374. The third-order valence-corrected chi connectivity index (χ3v) is 1.23. The molecule has 0 aromatic carbocycles. The van der Waals surface area contributed by atoms with Gasteiger partial charge >= 0.3 is 51.4 Å². The molecule has 0 spiro atoms. The topological polar surface area (TPSA) is 44.5 Å². The Morgan fingerprint density at radius 2 is 1.90 bits per heavy atom. The molecule has 0 atom stereocenters. The van der Waals surface area contributed by atoms with Crippen molar-refractivity contribution in [3.8, 4) is 0 Å². The van der Waals surface area contributed by atoms with Crippen LogP contribution in [0.25, 0.3) is 0 Å². The summed E-state index contributed by atoms with van der Waals surface area (Å²) in [6, 6.07) is 0. The summed E-state index contributed by atoms with van der Waals surface area (Å²) < 4.78 is 0.740. The van der Waals surface area contributed by atoms with E-state index in [9.17, 15) is 0 Å². The number of nitrogens with zero attached hydrogens (tertiary/aromatic N) is 1. The Kier molecular flexibility index (Phi) is 5.70. The SMILES string of the molecule is S=c1nc([S-])[nH]c(=S)[nH]1.[K+]. The molecule has 1 heterocycles. The maximum absolute atomic E-state index is 4.70. The van der Waals surface area contributed by atoms with Gasteiger partial charge in [0.1, 0.15) is 0 Å². The first-order valence-electron chi connectivity index (χ1n) is 2.06. The van der Waals surface area contributed by atoms with Crippen molar-refractivity contribution >= 4 is 37.1 Å². The maximum atomic E-state index is 4.70. The van der Waals surface area contributed by atoms with Crippen LogP contribution in [0.4, 0.5) is 0 Å². The van der Waals surface area contributed by atoms with Crippen molar-refractivity contribution in [2.45, 2.75) is 5.16 Å². The number of H-pyrrole nitrogens is 2. The molecule has 0 unspecified atom stereocenters. The molecule has 0 radical (unpaired) electrons. The summed E-state index contributed by atoms with van der Waals surface area (Å²) in [5.41, 5.74) is 0. The smallest absolute Gasteiger partial charge is 0.742 e. The average Bonchev–Trinajstić information content (AvgIpc) is 1.59. The van der Waals surface area contributed by atoms with Crippen molar-refractivity contribution < 1.29 is 51.4 Å². The van der Waals surface area contributed by atoms with Crippen LogP contribution in [-0.2, 0) is 12.6 Å². The number of nitrogens with one attached hydrogen (secondary N) is 2. The zero-order chi connectivity index (χ0) is 6.85. The van der Waals surface area contributed by atoms with Crippen LogP contribution >= 0.6 is 24.4 Å². The zero-order valence-corrected chi connectivity index (χ0v) is 10.7. The molecule has 0 amide bonds. The van der Waals surface area contributed by atoms with Gasteiger partial charge in [0.05, 0.1) is 0 Å². The molecule has 48 valence electrons. The van der Waals surface area contributed by atoms with Crippen molar-refractivity contribution in [3.05, 3.63) is 9.54 Å². The molecular weight excluding hydrogens is 213 g/mol. The third kappa shape index (κ3) is 3.63. The van der Waals surface area contributed by atoms with E-state index in [-0.39, 0.29) is 51.4 Å². The van der Waals surface area contributed by atoms with Gasteiger partial charge in [-0.15, -0.1) is 0 Å². The molecule has 0 saturated heterocycles. The van der Waals surface area contributed by atoms with E-state index in [0.717, 1.165) is 0 Å². The summed E-state index contributed by atoms with van der Waals surface area (Å²) in [6.45, 7) is 0. The van der Waals surface area contributed by atoms with E-state index in [0.29, 0.717) is 14.7 Å². The quantitative estimate of drug-likeness (QED) is 0.302. The molecule has 7 heteroatoms. The van der Waals surface area contributed by atoms with E-state index in [1.165, 1.54) is 0 Å². The molecule has 0 fully saturated rings. The van der Waals surface area contributed by atoms with E-state index in [2.05, 4.69) is 39.8 Å². The van der Waals surface area contributed by atoms with Gasteiger partial charge in [0.15, 0.2) is 9.54 Å². The predicted octanol–water partition coefficient (Wildman–Crippen LogP) is -1.89. The van der Waals surface area contributed by atoms with Gasteiger partial charge in [-0.25, -0.2) is 4.98 Å². The molecule has 1 rings (SSSR count).